The highest BCUT2D eigenvalue weighted by Gasteiger charge is 2.26. The second-order valence-corrected chi connectivity index (χ2v) is 8.02. The van der Waals surface area contributed by atoms with Crippen molar-refractivity contribution in [3.8, 4) is 0 Å². The molecule has 2 aromatic rings. The van der Waals surface area contributed by atoms with Gasteiger partial charge >= 0.3 is 0 Å². The van der Waals surface area contributed by atoms with Gasteiger partial charge < -0.3 is 9.73 Å². The van der Waals surface area contributed by atoms with Crippen LogP contribution in [0.15, 0.2) is 45.9 Å². The van der Waals surface area contributed by atoms with Crippen molar-refractivity contribution in [1.82, 2.24) is 4.90 Å². The van der Waals surface area contributed by atoms with E-state index < -0.39 is 14.9 Å². The number of non-ortho nitro benzene ring substituents is 1. The van der Waals surface area contributed by atoms with E-state index in [9.17, 15) is 18.5 Å². The lowest BCUT2D eigenvalue weighted by molar-refractivity contribution is -0.385. The molecule has 1 saturated heterocycles. The van der Waals surface area contributed by atoms with E-state index in [1.165, 1.54) is 18.6 Å². The minimum atomic E-state index is -4.12. The van der Waals surface area contributed by atoms with Crippen molar-refractivity contribution in [2.24, 2.45) is 5.14 Å². The van der Waals surface area contributed by atoms with E-state index in [-0.39, 0.29) is 22.3 Å². The highest BCUT2D eigenvalue weighted by Crippen LogP contribution is 2.29. The molecule has 0 radical (unpaired) electrons. The first kappa shape index (κ1) is 19.3. The molecule has 0 bridgehead atoms. The first-order valence-corrected chi connectivity index (χ1v) is 10.2. The van der Waals surface area contributed by atoms with Crippen LogP contribution in [-0.2, 0) is 10.0 Å². The number of furan rings is 1. The molecule has 1 unspecified atom stereocenters. The quantitative estimate of drug-likeness (QED) is 0.544. The summed E-state index contributed by atoms with van der Waals surface area (Å²) in [5.41, 5.74) is -0.0974. The summed E-state index contributed by atoms with van der Waals surface area (Å²) in [5, 5.41) is 19.3. The monoisotopic (exact) mass is 394 g/mol. The van der Waals surface area contributed by atoms with Gasteiger partial charge in [0.05, 0.1) is 22.9 Å². The number of nitro benzene ring substituents is 1. The number of benzene rings is 1. The Kier molecular flexibility index (Phi) is 5.78. The summed E-state index contributed by atoms with van der Waals surface area (Å²) in [6.07, 6.45) is 4.98. The number of nitrogens with one attached hydrogen (secondary N) is 1. The molecule has 10 heteroatoms. The number of sulfonamides is 1. The fourth-order valence-corrected chi connectivity index (χ4v) is 4.06. The zero-order valence-electron chi connectivity index (χ0n) is 14.7. The SMILES string of the molecule is NS(=O)(=O)c1cc([N+](=O)[O-])ccc1NCC(c1ccco1)N1CCCCC1. The lowest BCUT2D eigenvalue weighted by Crippen LogP contribution is -2.37. The third kappa shape index (κ3) is 4.65. The molecule has 0 amide bonds. The minimum Gasteiger partial charge on any atom is -0.468 e. The molecule has 0 aliphatic carbocycles. The number of primary sulfonamides is 1. The average Bonchev–Trinajstić information content (AvgIpc) is 3.16. The van der Waals surface area contributed by atoms with E-state index >= 15 is 0 Å². The number of anilines is 1. The third-order valence-corrected chi connectivity index (χ3v) is 5.62. The van der Waals surface area contributed by atoms with Crippen LogP contribution >= 0.6 is 0 Å². The van der Waals surface area contributed by atoms with Crippen LogP contribution in [0.25, 0.3) is 0 Å². The van der Waals surface area contributed by atoms with Crippen LogP contribution in [0, 0.1) is 10.1 Å². The van der Waals surface area contributed by atoms with E-state index in [1.807, 2.05) is 12.1 Å². The first-order valence-electron chi connectivity index (χ1n) is 8.69. The number of hydrogen-bond donors (Lipinski definition) is 2. The fraction of sp³-hybridized carbons (Fsp3) is 0.412. The topological polar surface area (TPSA) is 132 Å². The smallest absolute Gasteiger partial charge is 0.270 e. The predicted molar refractivity (Wildman–Crippen MR) is 99.8 cm³/mol. The molecule has 0 spiro atoms. The van der Waals surface area contributed by atoms with Crippen molar-refractivity contribution in [2.75, 3.05) is 25.0 Å². The lowest BCUT2D eigenvalue weighted by Gasteiger charge is -2.33. The zero-order chi connectivity index (χ0) is 19.4. The molecule has 9 nitrogen and oxygen atoms in total. The van der Waals surface area contributed by atoms with Crippen molar-refractivity contribution < 1.29 is 17.8 Å². The van der Waals surface area contributed by atoms with Gasteiger partial charge in [-0.3, -0.25) is 15.0 Å². The maximum atomic E-state index is 11.9. The van der Waals surface area contributed by atoms with Crippen LogP contribution in [0.4, 0.5) is 11.4 Å². The van der Waals surface area contributed by atoms with Gasteiger partial charge in [0.25, 0.3) is 5.69 Å². The molecule has 146 valence electrons. The van der Waals surface area contributed by atoms with Gasteiger partial charge in [-0.15, -0.1) is 0 Å². The van der Waals surface area contributed by atoms with Gasteiger partial charge in [0.15, 0.2) is 0 Å². The summed E-state index contributed by atoms with van der Waals surface area (Å²) in [4.78, 5) is 12.3. The van der Waals surface area contributed by atoms with Gasteiger partial charge in [-0.05, 0) is 44.1 Å². The molecule has 1 fully saturated rings. The van der Waals surface area contributed by atoms with Crippen LogP contribution in [0.2, 0.25) is 0 Å². The molecule has 3 rings (SSSR count). The largest absolute Gasteiger partial charge is 0.468 e. The molecule has 1 aliphatic rings. The average molecular weight is 394 g/mol. The van der Waals surface area contributed by atoms with E-state index in [0.29, 0.717) is 6.54 Å². The van der Waals surface area contributed by atoms with Crippen molar-refractivity contribution in [3.63, 3.8) is 0 Å². The van der Waals surface area contributed by atoms with Crippen molar-refractivity contribution in [2.45, 2.75) is 30.2 Å². The Hall–Kier alpha value is -2.43. The van der Waals surface area contributed by atoms with Crippen LogP contribution in [0.3, 0.4) is 0 Å². The number of nitro groups is 1. The van der Waals surface area contributed by atoms with Gasteiger partial charge in [-0.2, -0.15) is 0 Å². The van der Waals surface area contributed by atoms with E-state index in [4.69, 9.17) is 9.56 Å². The second kappa shape index (κ2) is 8.07. The van der Waals surface area contributed by atoms with E-state index in [2.05, 4.69) is 10.2 Å². The molecule has 1 atom stereocenters. The molecule has 0 saturated carbocycles. The highest BCUT2D eigenvalue weighted by molar-refractivity contribution is 7.89. The normalized spacial score (nSPS) is 16.8. The van der Waals surface area contributed by atoms with Crippen LogP contribution < -0.4 is 10.5 Å². The Labute approximate surface area is 157 Å². The Balaban J connectivity index is 1.85. The van der Waals surface area contributed by atoms with Crippen LogP contribution in [-0.4, -0.2) is 37.9 Å². The summed E-state index contributed by atoms with van der Waals surface area (Å²) in [7, 11) is -4.12. The molecule has 3 N–H and O–H groups in total. The third-order valence-electron chi connectivity index (χ3n) is 4.67. The number of piperidine rings is 1. The molecular formula is C17H22N4O5S. The summed E-state index contributed by atoms with van der Waals surface area (Å²) < 4.78 is 29.4. The zero-order valence-corrected chi connectivity index (χ0v) is 15.5. The summed E-state index contributed by atoms with van der Waals surface area (Å²) in [6.45, 7) is 2.23. The number of nitrogens with zero attached hydrogens (tertiary/aromatic N) is 2. The standard InChI is InChI=1S/C17H22N4O5S/c18-27(24,25)17-11-13(21(22)23)6-7-14(17)19-12-15(16-5-4-10-26-16)20-8-2-1-3-9-20/h4-7,10-11,15,19H,1-3,8-9,12H2,(H2,18,24,25). The van der Waals surface area contributed by atoms with Crippen molar-refractivity contribution in [1.29, 1.82) is 0 Å². The molecule has 1 aromatic heterocycles. The van der Waals surface area contributed by atoms with Gasteiger partial charge in [0.2, 0.25) is 10.0 Å². The second-order valence-electron chi connectivity index (χ2n) is 6.49. The fourth-order valence-electron chi connectivity index (χ4n) is 3.33. The first-order chi connectivity index (χ1) is 12.9. The molecule has 1 aromatic carbocycles. The number of nitrogens with two attached hydrogens (primary N) is 1. The van der Waals surface area contributed by atoms with E-state index in [0.717, 1.165) is 37.8 Å². The molecule has 1 aliphatic heterocycles. The van der Waals surface area contributed by atoms with Crippen molar-refractivity contribution in [3.05, 3.63) is 52.5 Å². The Morgan fingerprint density at radius 3 is 2.59 bits per heavy atom. The maximum absolute atomic E-state index is 11.9. The Morgan fingerprint density at radius 2 is 2.00 bits per heavy atom. The summed E-state index contributed by atoms with van der Waals surface area (Å²) in [5.74, 6) is 0.781. The van der Waals surface area contributed by atoms with Crippen LogP contribution in [0.1, 0.15) is 31.1 Å². The Bertz CT molecular complexity index is 892. The number of hydrogen-bond acceptors (Lipinski definition) is 7. The van der Waals surface area contributed by atoms with E-state index in [1.54, 1.807) is 6.26 Å². The predicted octanol–water partition coefficient (Wildman–Crippen LogP) is 2.47. The molecule has 27 heavy (non-hydrogen) atoms. The van der Waals surface area contributed by atoms with Crippen molar-refractivity contribution >= 4 is 21.4 Å². The maximum Gasteiger partial charge on any atom is 0.270 e. The van der Waals surface area contributed by atoms with Gasteiger partial charge in [0, 0.05) is 18.7 Å². The summed E-state index contributed by atoms with van der Waals surface area (Å²) in [6, 6.07) is 7.21. The molecule has 2 heterocycles. The number of rotatable bonds is 7. The van der Waals surface area contributed by atoms with Gasteiger partial charge in [-0.1, -0.05) is 6.42 Å². The highest BCUT2D eigenvalue weighted by atomic mass is 32.2. The number of likely N-dealkylation sites (tertiary alicyclic amines) is 1. The minimum absolute atomic E-state index is 0.0798. The molecular weight excluding hydrogens is 372 g/mol. The van der Waals surface area contributed by atoms with Gasteiger partial charge in [0.1, 0.15) is 10.7 Å². The Morgan fingerprint density at radius 1 is 1.26 bits per heavy atom. The summed E-state index contributed by atoms with van der Waals surface area (Å²) >= 11 is 0. The van der Waals surface area contributed by atoms with Gasteiger partial charge in [-0.25, -0.2) is 13.6 Å². The lowest BCUT2D eigenvalue weighted by atomic mass is 10.1. The van der Waals surface area contributed by atoms with Crippen LogP contribution in [0.5, 0.6) is 0 Å².